The van der Waals surface area contributed by atoms with E-state index >= 15 is 0 Å². The van der Waals surface area contributed by atoms with Gasteiger partial charge in [0.15, 0.2) is 0 Å². The van der Waals surface area contributed by atoms with Gasteiger partial charge in [0.25, 0.3) is 0 Å². The van der Waals surface area contributed by atoms with Gasteiger partial charge in [-0.15, -0.1) is 6.07 Å². The van der Waals surface area contributed by atoms with Crippen LogP contribution in [-0.4, -0.2) is 7.11 Å². The number of benzene rings is 2. The molecule has 2 aromatic rings. The quantitative estimate of drug-likeness (QED) is 0.513. The van der Waals surface area contributed by atoms with E-state index < -0.39 is 0 Å². The second-order valence-corrected chi connectivity index (χ2v) is 3.26. The third-order valence-electron chi connectivity index (χ3n) is 2.40. The number of ether oxygens (including phenoxy) is 1. The average Bonchev–Trinajstić information content (AvgIpc) is 2.27. The van der Waals surface area contributed by atoms with E-state index in [9.17, 15) is 0 Å². The van der Waals surface area contributed by atoms with Crippen molar-refractivity contribution in [2.45, 2.75) is 6.92 Å². The SMILES string of the molecule is C[CH-]c1ccc2cc(OC)ccc2c1.[Na+]. The molecule has 0 aliphatic carbocycles. The van der Waals surface area contributed by atoms with Crippen molar-refractivity contribution in [3.8, 4) is 5.75 Å². The Balaban J connectivity index is 0.00000112. The number of rotatable bonds is 2. The van der Waals surface area contributed by atoms with Crippen molar-refractivity contribution < 1.29 is 34.3 Å². The fraction of sp³-hybridized carbons (Fsp3) is 0.154. The number of fused-ring (bicyclic) bond motifs is 1. The summed E-state index contributed by atoms with van der Waals surface area (Å²) in [7, 11) is 1.69. The van der Waals surface area contributed by atoms with Crippen LogP contribution >= 0.6 is 0 Å². The molecule has 0 N–H and O–H groups in total. The summed E-state index contributed by atoms with van der Waals surface area (Å²) in [6, 6.07) is 12.5. The molecule has 0 amide bonds. The van der Waals surface area contributed by atoms with Crippen LogP contribution in [0.1, 0.15) is 12.5 Å². The molecule has 0 spiro atoms. The van der Waals surface area contributed by atoms with E-state index in [4.69, 9.17) is 4.74 Å². The summed E-state index contributed by atoms with van der Waals surface area (Å²) >= 11 is 0. The summed E-state index contributed by atoms with van der Waals surface area (Å²) in [5, 5.41) is 2.47. The van der Waals surface area contributed by atoms with Crippen LogP contribution in [0.5, 0.6) is 5.75 Å². The van der Waals surface area contributed by atoms with Crippen molar-refractivity contribution in [3.05, 3.63) is 48.4 Å². The maximum Gasteiger partial charge on any atom is 1.00 e. The molecule has 2 aromatic carbocycles. The van der Waals surface area contributed by atoms with E-state index in [-0.39, 0.29) is 29.6 Å². The molecule has 0 saturated carbocycles. The van der Waals surface area contributed by atoms with Crippen molar-refractivity contribution in [1.82, 2.24) is 0 Å². The molecule has 15 heavy (non-hydrogen) atoms. The Morgan fingerprint density at radius 1 is 1.00 bits per heavy atom. The predicted molar refractivity (Wildman–Crippen MR) is 59.6 cm³/mol. The largest absolute Gasteiger partial charge is 1.00 e. The summed E-state index contributed by atoms with van der Waals surface area (Å²) in [5.74, 6) is 0.908. The van der Waals surface area contributed by atoms with Crippen LogP contribution in [0.3, 0.4) is 0 Å². The summed E-state index contributed by atoms with van der Waals surface area (Å²) < 4.78 is 5.17. The predicted octanol–water partition coefficient (Wildman–Crippen LogP) is 0.425. The molecule has 0 unspecified atom stereocenters. The maximum atomic E-state index is 5.17. The molecule has 0 saturated heterocycles. The Bertz CT molecular complexity index is 408. The standard InChI is InChI=1S/C13H13O.Na/c1-3-10-4-5-12-9-13(14-2)7-6-11(12)8-10;/h3-9H,1-2H3;/q-1;+1. The second kappa shape index (κ2) is 5.45. The minimum Gasteiger partial charge on any atom is -0.497 e. The Hall–Kier alpha value is -0.630. The zero-order chi connectivity index (χ0) is 9.97. The summed E-state index contributed by atoms with van der Waals surface area (Å²) in [5.41, 5.74) is 1.25. The molecule has 72 valence electrons. The normalized spacial score (nSPS) is 9.47. The van der Waals surface area contributed by atoms with Crippen molar-refractivity contribution >= 4 is 10.8 Å². The first-order valence-electron chi connectivity index (χ1n) is 4.70. The van der Waals surface area contributed by atoms with Crippen LogP contribution < -0.4 is 34.3 Å². The second-order valence-electron chi connectivity index (χ2n) is 3.26. The van der Waals surface area contributed by atoms with Gasteiger partial charge < -0.3 is 4.74 Å². The molecule has 0 bridgehead atoms. The molecule has 1 nitrogen and oxygen atoms in total. The third-order valence-corrected chi connectivity index (χ3v) is 2.40. The number of hydrogen-bond acceptors (Lipinski definition) is 1. The summed E-state index contributed by atoms with van der Waals surface area (Å²) in [6.45, 7) is 2.05. The van der Waals surface area contributed by atoms with Gasteiger partial charge in [-0.25, -0.2) is 0 Å². The van der Waals surface area contributed by atoms with Gasteiger partial charge in [-0.05, 0) is 17.5 Å². The topological polar surface area (TPSA) is 9.23 Å². The Kier molecular flexibility index (Phi) is 4.52. The van der Waals surface area contributed by atoms with Gasteiger partial charge in [0.2, 0.25) is 0 Å². The van der Waals surface area contributed by atoms with Crippen LogP contribution in [-0.2, 0) is 0 Å². The average molecular weight is 208 g/mol. The Labute approximate surface area is 113 Å². The van der Waals surface area contributed by atoms with E-state index in [1.54, 1.807) is 7.11 Å². The van der Waals surface area contributed by atoms with Gasteiger partial charge in [0.05, 0.1) is 7.11 Å². The minimum absolute atomic E-state index is 0. The molecule has 0 aliphatic heterocycles. The monoisotopic (exact) mass is 208 g/mol. The van der Waals surface area contributed by atoms with Crippen LogP contribution in [0.2, 0.25) is 0 Å². The third kappa shape index (κ3) is 2.69. The Morgan fingerprint density at radius 2 is 1.67 bits per heavy atom. The summed E-state index contributed by atoms with van der Waals surface area (Å²) in [6.07, 6.45) is 2.10. The Morgan fingerprint density at radius 3 is 2.33 bits per heavy atom. The first-order chi connectivity index (χ1) is 6.83. The van der Waals surface area contributed by atoms with Crippen LogP contribution in [0.15, 0.2) is 36.4 Å². The minimum atomic E-state index is 0. The van der Waals surface area contributed by atoms with Crippen molar-refractivity contribution in [2.24, 2.45) is 0 Å². The number of methoxy groups -OCH3 is 1. The number of hydrogen-bond donors (Lipinski definition) is 0. The fourth-order valence-electron chi connectivity index (χ4n) is 1.55. The molecule has 0 aromatic heterocycles. The van der Waals surface area contributed by atoms with Gasteiger partial charge >= 0.3 is 29.6 Å². The molecule has 2 heteroatoms. The van der Waals surface area contributed by atoms with Crippen molar-refractivity contribution in [2.75, 3.05) is 7.11 Å². The molecule has 0 radical (unpaired) electrons. The molecule has 0 heterocycles. The van der Waals surface area contributed by atoms with Crippen LogP contribution in [0, 0.1) is 6.42 Å². The molecule has 0 fully saturated rings. The zero-order valence-electron chi connectivity index (χ0n) is 9.45. The first kappa shape index (κ1) is 12.4. The van der Waals surface area contributed by atoms with Gasteiger partial charge in [0, 0.05) is 0 Å². The molecule has 2 rings (SSSR count). The van der Waals surface area contributed by atoms with Crippen LogP contribution in [0.4, 0.5) is 0 Å². The van der Waals surface area contributed by atoms with E-state index in [0.717, 1.165) is 5.75 Å². The van der Waals surface area contributed by atoms with Crippen molar-refractivity contribution in [1.29, 1.82) is 0 Å². The molecular formula is C13H13NaO. The van der Waals surface area contributed by atoms with Crippen LogP contribution in [0.25, 0.3) is 10.8 Å². The van der Waals surface area contributed by atoms with Gasteiger partial charge in [-0.2, -0.15) is 24.1 Å². The van der Waals surface area contributed by atoms with E-state index in [0.29, 0.717) is 0 Å². The van der Waals surface area contributed by atoms with Gasteiger partial charge in [-0.1, -0.05) is 18.4 Å². The molecule has 0 aliphatic rings. The van der Waals surface area contributed by atoms with Gasteiger partial charge in [-0.3, -0.25) is 0 Å². The zero-order valence-corrected chi connectivity index (χ0v) is 11.4. The van der Waals surface area contributed by atoms with Crippen molar-refractivity contribution in [3.63, 3.8) is 0 Å². The summed E-state index contributed by atoms with van der Waals surface area (Å²) in [4.78, 5) is 0. The first-order valence-corrected chi connectivity index (χ1v) is 4.70. The fourth-order valence-corrected chi connectivity index (χ4v) is 1.55. The molecular weight excluding hydrogens is 195 g/mol. The van der Waals surface area contributed by atoms with E-state index in [1.165, 1.54) is 16.3 Å². The van der Waals surface area contributed by atoms with E-state index in [1.807, 2.05) is 13.0 Å². The van der Waals surface area contributed by atoms with E-state index in [2.05, 4.69) is 36.8 Å². The molecule has 0 atom stereocenters. The smallest absolute Gasteiger partial charge is 0.497 e. The maximum absolute atomic E-state index is 5.17. The van der Waals surface area contributed by atoms with Gasteiger partial charge in [0.1, 0.15) is 5.75 Å².